The lowest BCUT2D eigenvalue weighted by Crippen LogP contribution is -2.16. The summed E-state index contributed by atoms with van der Waals surface area (Å²) in [4.78, 5) is 0. The predicted octanol–water partition coefficient (Wildman–Crippen LogP) is 2.53. The van der Waals surface area contributed by atoms with Gasteiger partial charge in [-0.3, -0.25) is 0 Å². The van der Waals surface area contributed by atoms with E-state index in [1.54, 1.807) is 6.08 Å². The molecule has 0 rings (SSSR count). The van der Waals surface area contributed by atoms with Crippen LogP contribution in [-0.4, -0.2) is 11.7 Å². The van der Waals surface area contributed by atoms with Crippen LogP contribution in [0.1, 0.15) is 26.7 Å². The van der Waals surface area contributed by atoms with Crippen molar-refractivity contribution in [1.29, 1.82) is 0 Å². The SMILES string of the molecule is C=CC(=C)CCC(C)(C)CO. The van der Waals surface area contributed by atoms with Crippen LogP contribution in [0.3, 0.4) is 0 Å². The Labute approximate surface area is 69.4 Å². The lowest BCUT2D eigenvalue weighted by molar-refractivity contribution is 0.151. The molecule has 0 amide bonds. The van der Waals surface area contributed by atoms with Gasteiger partial charge in [-0.25, -0.2) is 0 Å². The van der Waals surface area contributed by atoms with Gasteiger partial charge < -0.3 is 5.11 Å². The summed E-state index contributed by atoms with van der Waals surface area (Å²) >= 11 is 0. The molecule has 0 saturated carbocycles. The Balaban J connectivity index is 3.69. The van der Waals surface area contributed by atoms with Crippen molar-refractivity contribution in [1.82, 2.24) is 0 Å². The highest BCUT2D eigenvalue weighted by Gasteiger charge is 2.15. The molecule has 1 heteroatoms. The lowest BCUT2D eigenvalue weighted by Gasteiger charge is -2.21. The summed E-state index contributed by atoms with van der Waals surface area (Å²) in [6.45, 7) is 11.8. The van der Waals surface area contributed by atoms with Crippen LogP contribution in [0.15, 0.2) is 24.8 Å². The molecular weight excluding hydrogens is 136 g/mol. The van der Waals surface area contributed by atoms with Gasteiger partial charge in [0.05, 0.1) is 0 Å². The topological polar surface area (TPSA) is 20.2 Å². The van der Waals surface area contributed by atoms with Gasteiger partial charge in [-0.05, 0) is 18.3 Å². The summed E-state index contributed by atoms with van der Waals surface area (Å²) in [6.07, 6.45) is 3.67. The molecule has 0 radical (unpaired) electrons. The van der Waals surface area contributed by atoms with Crippen molar-refractivity contribution < 1.29 is 5.11 Å². The minimum absolute atomic E-state index is 0.0198. The molecule has 64 valence electrons. The van der Waals surface area contributed by atoms with Crippen molar-refractivity contribution >= 4 is 0 Å². The number of rotatable bonds is 5. The van der Waals surface area contributed by atoms with E-state index in [0.29, 0.717) is 0 Å². The Morgan fingerprint density at radius 1 is 1.55 bits per heavy atom. The molecule has 11 heavy (non-hydrogen) atoms. The van der Waals surface area contributed by atoms with E-state index in [9.17, 15) is 0 Å². The van der Waals surface area contributed by atoms with E-state index in [1.165, 1.54) is 0 Å². The average Bonchev–Trinajstić information content (AvgIpc) is 2.00. The molecule has 0 fully saturated rings. The Hall–Kier alpha value is -0.560. The fourth-order valence-electron chi connectivity index (χ4n) is 0.680. The zero-order valence-electron chi connectivity index (χ0n) is 7.56. The molecule has 0 aromatic rings. The van der Waals surface area contributed by atoms with Crippen LogP contribution in [-0.2, 0) is 0 Å². The van der Waals surface area contributed by atoms with Gasteiger partial charge in [-0.1, -0.05) is 38.7 Å². The standard InChI is InChI=1S/C10H18O/c1-5-9(2)6-7-10(3,4)8-11/h5,11H,1-2,6-8H2,3-4H3. The van der Waals surface area contributed by atoms with Crippen molar-refractivity contribution in [2.75, 3.05) is 6.61 Å². The highest BCUT2D eigenvalue weighted by atomic mass is 16.3. The summed E-state index contributed by atoms with van der Waals surface area (Å²) in [5.74, 6) is 0. The van der Waals surface area contributed by atoms with E-state index in [1.807, 2.05) is 13.8 Å². The first kappa shape index (κ1) is 10.4. The van der Waals surface area contributed by atoms with Gasteiger partial charge in [0.25, 0.3) is 0 Å². The molecule has 0 saturated heterocycles. The first-order valence-corrected chi connectivity index (χ1v) is 3.93. The molecule has 0 aliphatic carbocycles. The number of allylic oxidation sites excluding steroid dienone is 2. The maximum absolute atomic E-state index is 8.92. The van der Waals surface area contributed by atoms with E-state index in [-0.39, 0.29) is 12.0 Å². The zero-order valence-corrected chi connectivity index (χ0v) is 7.56. The van der Waals surface area contributed by atoms with Crippen molar-refractivity contribution in [3.05, 3.63) is 24.8 Å². The summed E-state index contributed by atoms with van der Waals surface area (Å²) in [7, 11) is 0. The van der Waals surface area contributed by atoms with Crippen LogP contribution in [0.4, 0.5) is 0 Å². The predicted molar refractivity (Wildman–Crippen MR) is 49.4 cm³/mol. The molecule has 0 unspecified atom stereocenters. The van der Waals surface area contributed by atoms with Crippen LogP contribution >= 0.6 is 0 Å². The number of hydrogen-bond acceptors (Lipinski definition) is 1. The van der Waals surface area contributed by atoms with Gasteiger partial charge in [0.15, 0.2) is 0 Å². The van der Waals surface area contributed by atoms with Gasteiger partial charge in [0.2, 0.25) is 0 Å². The maximum atomic E-state index is 8.92. The van der Waals surface area contributed by atoms with Crippen LogP contribution < -0.4 is 0 Å². The molecule has 0 aromatic carbocycles. The highest BCUT2D eigenvalue weighted by Crippen LogP contribution is 2.23. The zero-order chi connectivity index (χ0) is 8.91. The van der Waals surface area contributed by atoms with Gasteiger partial charge in [-0.2, -0.15) is 0 Å². The molecule has 0 aliphatic heterocycles. The Bertz CT molecular complexity index is 145. The second kappa shape index (κ2) is 4.35. The summed E-state index contributed by atoms with van der Waals surface area (Å²) < 4.78 is 0. The molecule has 0 atom stereocenters. The quantitative estimate of drug-likeness (QED) is 0.603. The molecular formula is C10H18O. The first-order valence-electron chi connectivity index (χ1n) is 3.93. The van der Waals surface area contributed by atoms with Crippen LogP contribution in [0.25, 0.3) is 0 Å². The smallest absolute Gasteiger partial charge is 0.0482 e. The van der Waals surface area contributed by atoms with Gasteiger partial charge in [0.1, 0.15) is 0 Å². The second-order valence-electron chi connectivity index (χ2n) is 3.68. The molecule has 0 aromatic heterocycles. The molecule has 1 nitrogen and oxygen atoms in total. The third kappa shape index (κ3) is 4.79. The fraction of sp³-hybridized carbons (Fsp3) is 0.600. The Morgan fingerprint density at radius 3 is 2.45 bits per heavy atom. The number of hydrogen-bond donors (Lipinski definition) is 1. The average molecular weight is 154 g/mol. The number of aliphatic hydroxyl groups excluding tert-OH is 1. The van der Waals surface area contributed by atoms with E-state index in [4.69, 9.17) is 5.11 Å². The van der Waals surface area contributed by atoms with E-state index in [0.717, 1.165) is 18.4 Å². The third-order valence-corrected chi connectivity index (χ3v) is 1.84. The molecule has 0 bridgehead atoms. The summed E-state index contributed by atoms with van der Waals surface area (Å²) in [6, 6.07) is 0. The van der Waals surface area contributed by atoms with Crippen molar-refractivity contribution in [3.63, 3.8) is 0 Å². The molecule has 0 spiro atoms. The Kier molecular flexibility index (Phi) is 4.12. The lowest BCUT2D eigenvalue weighted by atomic mass is 9.87. The monoisotopic (exact) mass is 154 g/mol. The molecule has 1 N–H and O–H groups in total. The second-order valence-corrected chi connectivity index (χ2v) is 3.68. The highest BCUT2D eigenvalue weighted by molar-refractivity contribution is 5.10. The third-order valence-electron chi connectivity index (χ3n) is 1.84. The number of aliphatic hydroxyl groups is 1. The summed E-state index contributed by atoms with van der Waals surface area (Å²) in [5, 5.41) is 8.92. The van der Waals surface area contributed by atoms with Crippen molar-refractivity contribution in [2.24, 2.45) is 5.41 Å². The van der Waals surface area contributed by atoms with Gasteiger partial charge in [-0.15, -0.1) is 0 Å². The van der Waals surface area contributed by atoms with E-state index >= 15 is 0 Å². The van der Waals surface area contributed by atoms with Crippen molar-refractivity contribution in [3.8, 4) is 0 Å². The minimum Gasteiger partial charge on any atom is -0.396 e. The van der Waals surface area contributed by atoms with Crippen LogP contribution in [0.2, 0.25) is 0 Å². The van der Waals surface area contributed by atoms with E-state index < -0.39 is 0 Å². The van der Waals surface area contributed by atoms with Gasteiger partial charge in [0, 0.05) is 6.61 Å². The fourth-order valence-corrected chi connectivity index (χ4v) is 0.680. The molecule has 0 heterocycles. The normalized spacial score (nSPS) is 11.2. The molecule has 0 aliphatic rings. The maximum Gasteiger partial charge on any atom is 0.0482 e. The largest absolute Gasteiger partial charge is 0.396 e. The first-order chi connectivity index (χ1) is 5.02. The van der Waals surface area contributed by atoms with E-state index in [2.05, 4.69) is 13.2 Å². The van der Waals surface area contributed by atoms with Crippen molar-refractivity contribution in [2.45, 2.75) is 26.7 Å². The van der Waals surface area contributed by atoms with Crippen LogP contribution in [0, 0.1) is 5.41 Å². The van der Waals surface area contributed by atoms with Crippen LogP contribution in [0.5, 0.6) is 0 Å². The Morgan fingerprint density at radius 2 is 2.09 bits per heavy atom. The minimum atomic E-state index is 0.0198. The summed E-state index contributed by atoms with van der Waals surface area (Å²) in [5.41, 5.74) is 1.07. The van der Waals surface area contributed by atoms with Gasteiger partial charge >= 0.3 is 0 Å².